The first kappa shape index (κ1) is 17.3. The molecule has 1 fully saturated rings. The lowest BCUT2D eigenvalue weighted by atomic mass is 9.99. The average Bonchev–Trinajstić information content (AvgIpc) is 3.16. The van der Waals surface area contributed by atoms with Crippen LogP contribution in [0.1, 0.15) is 18.4 Å². The maximum Gasteiger partial charge on any atom is 0.245 e. The molecule has 27 heavy (non-hydrogen) atoms. The van der Waals surface area contributed by atoms with Gasteiger partial charge < -0.3 is 20.4 Å². The minimum absolute atomic E-state index is 0.0159. The quantitative estimate of drug-likeness (QED) is 0.788. The number of fused-ring (bicyclic) bond motifs is 1. The van der Waals surface area contributed by atoms with Crippen LogP contribution in [0.15, 0.2) is 60.4 Å². The van der Waals surface area contributed by atoms with Crippen molar-refractivity contribution in [3.8, 4) is 0 Å². The van der Waals surface area contributed by atoms with Gasteiger partial charge in [0.25, 0.3) is 0 Å². The molecule has 4 rings (SSSR count). The fraction of sp³-hybridized carbons (Fsp3) is 0.350. The van der Waals surface area contributed by atoms with E-state index < -0.39 is 0 Å². The number of amides is 1. The Hall–Kier alpha value is -3.09. The minimum Gasteiger partial charge on any atom is -0.368 e. The summed E-state index contributed by atoms with van der Waals surface area (Å²) in [6.45, 7) is 5.08. The maximum atomic E-state index is 11.7. The molecule has 1 saturated heterocycles. The maximum absolute atomic E-state index is 11.7. The van der Waals surface area contributed by atoms with Crippen LogP contribution < -0.4 is 10.6 Å². The number of pyridine rings is 1. The van der Waals surface area contributed by atoms with Crippen LogP contribution in [0.4, 0.5) is 0 Å². The predicted octanol–water partition coefficient (Wildman–Crippen LogP) is 1.30. The number of amidine groups is 1. The fourth-order valence-electron chi connectivity index (χ4n) is 3.81. The van der Waals surface area contributed by atoms with Crippen molar-refractivity contribution in [3.05, 3.63) is 61.0 Å². The van der Waals surface area contributed by atoms with Crippen molar-refractivity contribution >= 4 is 17.3 Å². The first-order chi connectivity index (χ1) is 13.2. The fourth-order valence-corrected chi connectivity index (χ4v) is 3.81. The van der Waals surface area contributed by atoms with Crippen molar-refractivity contribution in [1.82, 2.24) is 25.4 Å². The number of aromatic nitrogens is 1. The Balaban J connectivity index is 1.42. The number of aliphatic imine (C=N–C) groups is 1. The van der Waals surface area contributed by atoms with Crippen LogP contribution in [0.2, 0.25) is 0 Å². The Kier molecular flexibility index (Phi) is 4.66. The lowest BCUT2D eigenvalue weighted by Crippen LogP contribution is -2.52. The summed E-state index contributed by atoms with van der Waals surface area (Å²) in [5, 5.41) is 6.95. The summed E-state index contributed by atoms with van der Waals surface area (Å²) in [6.07, 6.45) is 10.8. The largest absolute Gasteiger partial charge is 0.368 e. The standard InChI is InChI=1S/C20H24N6O/c1-3-18(27)26-9-6-15(7-10-26)24-17-13-23-20-19(25(17)2)16(12-22-20)14-5-4-8-21-11-14/h3-5,8,11-13,15,19,24H,1,6-7,9-10H2,2H3,(H,22,23). The lowest BCUT2D eigenvalue weighted by molar-refractivity contribution is -0.127. The molecular formula is C20H24N6O. The highest BCUT2D eigenvalue weighted by atomic mass is 16.2. The lowest BCUT2D eigenvalue weighted by Gasteiger charge is -2.39. The summed E-state index contributed by atoms with van der Waals surface area (Å²) in [5.41, 5.74) is 2.21. The molecule has 1 atom stereocenters. The molecule has 3 aliphatic heterocycles. The summed E-state index contributed by atoms with van der Waals surface area (Å²) >= 11 is 0. The second-order valence-corrected chi connectivity index (χ2v) is 6.98. The smallest absolute Gasteiger partial charge is 0.245 e. The molecule has 4 heterocycles. The van der Waals surface area contributed by atoms with Gasteiger partial charge in [-0.05, 0) is 25.0 Å². The van der Waals surface area contributed by atoms with Crippen LogP contribution >= 0.6 is 0 Å². The predicted molar refractivity (Wildman–Crippen MR) is 105 cm³/mol. The van der Waals surface area contributed by atoms with Crippen molar-refractivity contribution in [2.45, 2.75) is 24.9 Å². The van der Waals surface area contributed by atoms with Crippen LogP contribution in [0.25, 0.3) is 5.57 Å². The van der Waals surface area contributed by atoms with Crippen molar-refractivity contribution in [1.29, 1.82) is 0 Å². The van der Waals surface area contributed by atoms with E-state index in [9.17, 15) is 4.79 Å². The number of carbonyl (C=O) groups is 1. The van der Waals surface area contributed by atoms with Crippen LogP contribution in [0.5, 0.6) is 0 Å². The number of likely N-dealkylation sites (N-methyl/N-ethyl adjacent to an activating group) is 1. The number of carbonyl (C=O) groups excluding carboxylic acids is 1. The van der Waals surface area contributed by atoms with Gasteiger partial charge in [-0.3, -0.25) is 9.78 Å². The number of likely N-dealkylation sites (tertiary alicyclic amines) is 1. The molecule has 0 spiro atoms. The molecule has 140 valence electrons. The Morgan fingerprint density at radius 3 is 2.93 bits per heavy atom. The molecule has 1 amide bonds. The average molecular weight is 364 g/mol. The van der Waals surface area contributed by atoms with Gasteiger partial charge >= 0.3 is 0 Å². The molecule has 1 aromatic rings. The van der Waals surface area contributed by atoms with Gasteiger partial charge in [-0.15, -0.1) is 0 Å². The molecule has 0 aliphatic carbocycles. The van der Waals surface area contributed by atoms with Crippen molar-refractivity contribution < 1.29 is 4.79 Å². The molecule has 7 heteroatoms. The highest BCUT2D eigenvalue weighted by molar-refractivity contribution is 6.04. The van der Waals surface area contributed by atoms with Gasteiger partial charge in [0.2, 0.25) is 5.91 Å². The zero-order chi connectivity index (χ0) is 18.8. The monoisotopic (exact) mass is 364 g/mol. The Morgan fingerprint density at radius 1 is 1.41 bits per heavy atom. The van der Waals surface area contributed by atoms with Crippen LogP contribution in [0.3, 0.4) is 0 Å². The number of nitrogens with zero attached hydrogens (tertiary/aromatic N) is 4. The van der Waals surface area contributed by atoms with Crippen LogP contribution in [-0.4, -0.2) is 58.7 Å². The summed E-state index contributed by atoms with van der Waals surface area (Å²) in [7, 11) is 2.08. The molecule has 0 aromatic carbocycles. The van der Waals surface area contributed by atoms with E-state index in [1.54, 1.807) is 6.20 Å². The number of rotatable bonds is 4. The van der Waals surface area contributed by atoms with E-state index in [1.807, 2.05) is 29.6 Å². The Labute approximate surface area is 159 Å². The number of piperidine rings is 1. The van der Waals surface area contributed by atoms with Crippen molar-refractivity contribution in [3.63, 3.8) is 0 Å². The molecule has 0 saturated carbocycles. The van der Waals surface area contributed by atoms with Crippen LogP contribution in [0, 0.1) is 0 Å². The zero-order valence-corrected chi connectivity index (χ0v) is 15.4. The van der Waals surface area contributed by atoms with E-state index >= 15 is 0 Å². The van der Waals surface area contributed by atoms with Gasteiger partial charge in [0.1, 0.15) is 17.7 Å². The number of hydrogen-bond acceptors (Lipinski definition) is 6. The van der Waals surface area contributed by atoms with E-state index in [0.717, 1.165) is 48.7 Å². The molecule has 0 radical (unpaired) electrons. The molecular weight excluding hydrogens is 340 g/mol. The third kappa shape index (κ3) is 3.32. The number of hydrogen-bond donors (Lipinski definition) is 2. The molecule has 1 aromatic heterocycles. The van der Waals surface area contributed by atoms with E-state index in [4.69, 9.17) is 0 Å². The van der Waals surface area contributed by atoms with Gasteiger partial charge in [-0.2, -0.15) is 0 Å². The van der Waals surface area contributed by atoms with E-state index in [2.05, 4.69) is 45.2 Å². The van der Waals surface area contributed by atoms with E-state index in [-0.39, 0.29) is 11.9 Å². The normalized spacial score (nSPS) is 22.3. The Morgan fingerprint density at radius 2 is 2.22 bits per heavy atom. The molecule has 2 N–H and O–H groups in total. The third-order valence-corrected chi connectivity index (χ3v) is 5.35. The van der Waals surface area contributed by atoms with E-state index in [1.165, 1.54) is 6.08 Å². The summed E-state index contributed by atoms with van der Waals surface area (Å²) < 4.78 is 0. The zero-order valence-electron chi connectivity index (χ0n) is 15.4. The summed E-state index contributed by atoms with van der Waals surface area (Å²) in [4.78, 5) is 24.6. The highest BCUT2D eigenvalue weighted by Crippen LogP contribution is 2.30. The van der Waals surface area contributed by atoms with Crippen molar-refractivity contribution in [2.24, 2.45) is 4.99 Å². The molecule has 1 unspecified atom stereocenters. The summed E-state index contributed by atoms with van der Waals surface area (Å²) in [6, 6.07) is 4.38. The van der Waals surface area contributed by atoms with Gasteiger partial charge in [0.05, 0.1) is 0 Å². The first-order valence-corrected chi connectivity index (χ1v) is 9.23. The van der Waals surface area contributed by atoms with Crippen molar-refractivity contribution in [2.75, 3.05) is 20.1 Å². The second-order valence-electron chi connectivity index (χ2n) is 6.98. The Bertz CT molecular complexity index is 820. The molecule has 3 aliphatic rings. The topological polar surface area (TPSA) is 72.9 Å². The van der Waals surface area contributed by atoms with Gasteiger partial charge in [-0.1, -0.05) is 12.6 Å². The molecule has 0 bridgehead atoms. The SMILES string of the molecule is C=CC(=O)N1CCC(NC2=CNC3=NC=C(c4cccnc4)C3N2C)CC1. The van der Waals surface area contributed by atoms with Gasteiger partial charge in [0.15, 0.2) is 0 Å². The molecule has 7 nitrogen and oxygen atoms in total. The first-order valence-electron chi connectivity index (χ1n) is 9.23. The number of nitrogens with one attached hydrogen (secondary N) is 2. The van der Waals surface area contributed by atoms with Crippen LogP contribution in [-0.2, 0) is 4.79 Å². The van der Waals surface area contributed by atoms with Gasteiger partial charge in [-0.25, -0.2) is 4.99 Å². The van der Waals surface area contributed by atoms with Gasteiger partial charge in [0, 0.05) is 62.1 Å². The summed E-state index contributed by atoms with van der Waals surface area (Å²) in [5.74, 6) is 1.97. The second kappa shape index (κ2) is 7.26. The minimum atomic E-state index is 0.0159. The van der Waals surface area contributed by atoms with E-state index in [0.29, 0.717) is 6.04 Å². The highest BCUT2D eigenvalue weighted by Gasteiger charge is 2.34. The third-order valence-electron chi connectivity index (χ3n) is 5.35.